The fraction of sp³-hybridized carbons (Fsp3) is 0.750. The SMILES string of the molecule is CCC(CC#N)NC(=O)CC(F)(F)F. The van der Waals surface area contributed by atoms with E-state index in [1.165, 1.54) is 0 Å². The molecule has 6 heteroatoms. The normalized spacial score (nSPS) is 13.1. The molecular formula is C8H11F3N2O. The first-order chi connectivity index (χ1) is 6.39. The summed E-state index contributed by atoms with van der Waals surface area (Å²) in [5.74, 6) is -1.08. The van der Waals surface area contributed by atoms with E-state index in [1.807, 2.05) is 0 Å². The molecule has 0 aromatic rings. The van der Waals surface area contributed by atoms with Crippen molar-refractivity contribution in [1.29, 1.82) is 5.26 Å². The Labute approximate surface area is 79.9 Å². The highest BCUT2D eigenvalue weighted by Gasteiger charge is 2.31. The maximum Gasteiger partial charge on any atom is 0.397 e. The number of nitrogens with one attached hydrogen (secondary N) is 1. The van der Waals surface area contributed by atoms with Crippen LogP contribution in [0, 0.1) is 11.3 Å². The van der Waals surface area contributed by atoms with Crippen LogP contribution in [0.2, 0.25) is 0 Å². The molecule has 3 nitrogen and oxygen atoms in total. The Hall–Kier alpha value is -1.25. The van der Waals surface area contributed by atoms with E-state index in [2.05, 4.69) is 5.32 Å². The van der Waals surface area contributed by atoms with Gasteiger partial charge in [0.25, 0.3) is 0 Å². The second-order valence-corrected chi connectivity index (χ2v) is 2.83. The highest BCUT2D eigenvalue weighted by atomic mass is 19.4. The molecule has 0 spiro atoms. The minimum atomic E-state index is -4.49. The summed E-state index contributed by atoms with van der Waals surface area (Å²) in [5, 5.41) is 10.4. The van der Waals surface area contributed by atoms with E-state index in [0.717, 1.165) is 0 Å². The van der Waals surface area contributed by atoms with Gasteiger partial charge in [-0.15, -0.1) is 0 Å². The van der Waals surface area contributed by atoms with Gasteiger partial charge < -0.3 is 5.32 Å². The molecule has 0 aliphatic heterocycles. The minimum Gasteiger partial charge on any atom is -0.352 e. The summed E-state index contributed by atoms with van der Waals surface area (Å²) in [4.78, 5) is 10.8. The number of amides is 1. The van der Waals surface area contributed by atoms with E-state index in [4.69, 9.17) is 5.26 Å². The summed E-state index contributed by atoms with van der Waals surface area (Å²) >= 11 is 0. The van der Waals surface area contributed by atoms with Crippen molar-refractivity contribution in [3.8, 4) is 6.07 Å². The second-order valence-electron chi connectivity index (χ2n) is 2.83. The van der Waals surface area contributed by atoms with E-state index in [9.17, 15) is 18.0 Å². The van der Waals surface area contributed by atoms with E-state index in [1.54, 1.807) is 13.0 Å². The lowest BCUT2D eigenvalue weighted by molar-refractivity contribution is -0.154. The van der Waals surface area contributed by atoms with Crippen LogP contribution in [-0.2, 0) is 4.79 Å². The molecular weight excluding hydrogens is 197 g/mol. The van der Waals surface area contributed by atoms with Crippen LogP contribution in [0.5, 0.6) is 0 Å². The highest BCUT2D eigenvalue weighted by molar-refractivity contribution is 5.76. The van der Waals surface area contributed by atoms with Crippen molar-refractivity contribution in [2.75, 3.05) is 0 Å². The number of carbonyl (C=O) groups excluding carboxylic acids is 1. The van der Waals surface area contributed by atoms with Gasteiger partial charge in [0, 0.05) is 6.04 Å². The number of hydrogen-bond donors (Lipinski definition) is 1. The molecule has 0 radical (unpaired) electrons. The molecule has 0 aliphatic carbocycles. The average Bonchev–Trinajstić information content (AvgIpc) is 2.00. The van der Waals surface area contributed by atoms with Crippen molar-refractivity contribution in [3.63, 3.8) is 0 Å². The van der Waals surface area contributed by atoms with Gasteiger partial charge in [-0.1, -0.05) is 6.92 Å². The molecule has 0 aromatic carbocycles. The number of rotatable bonds is 4. The van der Waals surface area contributed by atoms with E-state index in [-0.39, 0.29) is 6.42 Å². The summed E-state index contributed by atoms with van der Waals surface area (Å²) in [6.45, 7) is 1.69. The van der Waals surface area contributed by atoms with Gasteiger partial charge >= 0.3 is 6.18 Å². The lowest BCUT2D eigenvalue weighted by Gasteiger charge is -2.14. The summed E-state index contributed by atoms with van der Waals surface area (Å²) in [6.07, 6.45) is -5.51. The Kier molecular flexibility index (Phi) is 4.99. The Bertz CT molecular complexity index is 232. The molecule has 80 valence electrons. The van der Waals surface area contributed by atoms with E-state index in [0.29, 0.717) is 6.42 Å². The van der Waals surface area contributed by atoms with Crippen molar-refractivity contribution in [3.05, 3.63) is 0 Å². The van der Waals surface area contributed by atoms with Crippen LogP contribution in [0.3, 0.4) is 0 Å². The largest absolute Gasteiger partial charge is 0.397 e. The average molecular weight is 208 g/mol. The predicted molar refractivity (Wildman–Crippen MR) is 43.1 cm³/mol. The van der Waals surface area contributed by atoms with Crippen LogP contribution >= 0.6 is 0 Å². The highest BCUT2D eigenvalue weighted by Crippen LogP contribution is 2.19. The van der Waals surface area contributed by atoms with Crippen molar-refractivity contribution < 1.29 is 18.0 Å². The van der Waals surface area contributed by atoms with E-state index >= 15 is 0 Å². The Morgan fingerprint density at radius 2 is 2.14 bits per heavy atom. The Morgan fingerprint density at radius 1 is 1.57 bits per heavy atom. The molecule has 0 rings (SSSR count). The molecule has 14 heavy (non-hydrogen) atoms. The molecule has 0 bridgehead atoms. The standard InChI is InChI=1S/C8H11F3N2O/c1-2-6(3-4-12)13-7(14)5-8(9,10)11/h6H,2-3,5H2,1H3,(H,13,14). The predicted octanol–water partition coefficient (Wildman–Crippen LogP) is 1.75. The van der Waals surface area contributed by atoms with Crippen LogP contribution in [0.25, 0.3) is 0 Å². The molecule has 0 fully saturated rings. The number of nitriles is 1. The number of alkyl halides is 3. The number of halogens is 3. The van der Waals surface area contributed by atoms with Crippen LogP contribution in [0.15, 0.2) is 0 Å². The van der Waals surface area contributed by atoms with Gasteiger partial charge in [-0.05, 0) is 6.42 Å². The maximum absolute atomic E-state index is 11.7. The smallest absolute Gasteiger partial charge is 0.352 e. The lowest BCUT2D eigenvalue weighted by Crippen LogP contribution is -2.36. The molecule has 0 heterocycles. The van der Waals surface area contributed by atoms with Crippen molar-refractivity contribution >= 4 is 5.91 Å². The third kappa shape index (κ3) is 6.29. The van der Waals surface area contributed by atoms with Crippen LogP contribution < -0.4 is 5.32 Å². The number of nitrogens with zero attached hydrogens (tertiary/aromatic N) is 1. The number of carbonyl (C=O) groups is 1. The first-order valence-corrected chi connectivity index (χ1v) is 4.12. The van der Waals surface area contributed by atoms with Gasteiger partial charge in [0.15, 0.2) is 0 Å². The first kappa shape index (κ1) is 12.8. The summed E-state index contributed by atoms with van der Waals surface area (Å²) in [6, 6.07) is 1.30. The fourth-order valence-electron chi connectivity index (χ4n) is 0.868. The third-order valence-corrected chi connectivity index (χ3v) is 1.56. The molecule has 1 unspecified atom stereocenters. The first-order valence-electron chi connectivity index (χ1n) is 4.12. The minimum absolute atomic E-state index is 0.0279. The van der Waals surface area contributed by atoms with Gasteiger partial charge in [0.1, 0.15) is 6.42 Å². The summed E-state index contributed by atoms with van der Waals surface area (Å²) in [7, 11) is 0. The molecule has 1 N–H and O–H groups in total. The quantitative estimate of drug-likeness (QED) is 0.765. The van der Waals surface area contributed by atoms with Gasteiger partial charge in [-0.2, -0.15) is 18.4 Å². The summed E-state index contributed by atoms with van der Waals surface area (Å²) in [5.41, 5.74) is 0. The Balaban J connectivity index is 3.98. The molecule has 0 aliphatic rings. The molecule has 0 saturated carbocycles. The topological polar surface area (TPSA) is 52.9 Å². The fourth-order valence-corrected chi connectivity index (χ4v) is 0.868. The van der Waals surface area contributed by atoms with Crippen LogP contribution in [0.1, 0.15) is 26.2 Å². The molecule has 1 atom stereocenters. The Morgan fingerprint density at radius 3 is 2.50 bits per heavy atom. The van der Waals surface area contributed by atoms with Gasteiger partial charge in [-0.3, -0.25) is 4.79 Å². The van der Waals surface area contributed by atoms with Gasteiger partial charge in [-0.25, -0.2) is 0 Å². The number of hydrogen-bond acceptors (Lipinski definition) is 2. The van der Waals surface area contributed by atoms with Crippen LogP contribution in [-0.4, -0.2) is 18.1 Å². The van der Waals surface area contributed by atoms with Crippen molar-refractivity contribution in [2.45, 2.75) is 38.4 Å². The summed E-state index contributed by atoms with van der Waals surface area (Å²) < 4.78 is 35.2. The lowest BCUT2D eigenvalue weighted by atomic mass is 10.1. The second kappa shape index (κ2) is 5.47. The monoisotopic (exact) mass is 208 g/mol. The molecule has 0 saturated heterocycles. The van der Waals surface area contributed by atoms with E-state index < -0.39 is 24.5 Å². The van der Waals surface area contributed by atoms with Gasteiger partial charge in [0.2, 0.25) is 5.91 Å². The molecule has 1 amide bonds. The zero-order valence-electron chi connectivity index (χ0n) is 7.69. The van der Waals surface area contributed by atoms with Crippen molar-refractivity contribution in [1.82, 2.24) is 5.32 Å². The van der Waals surface area contributed by atoms with Gasteiger partial charge in [0.05, 0.1) is 12.5 Å². The maximum atomic E-state index is 11.7. The van der Waals surface area contributed by atoms with Crippen LogP contribution in [0.4, 0.5) is 13.2 Å². The molecule has 0 aromatic heterocycles. The zero-order valence-corrected chi connectivity index (χ0v) is 7.69. The third-order valence-electron chi connectivity index (χ3n) is 1.56. The zero-order chi connectivity index (χ0) is 11.2. The van der Waals surface area contributed by atoms with Crippen molar-refractivity contribution in [2.24, 2.45) is 0 Å².